The number of hydrogen-bond acceptors (Lipinski definition) is 9. The Labute approximate surface area is 330 Å². The van der Waals surface area contributed by atoms with Crippen molar-refractivity contribution in [2.75, 3.05) is 0 Å². The van der Waals surface area contributed by atoms with Crippen LogP contribution < -0.4 is 4.74 Å². The summed E-state index contributed by atoms with van der Waals surface area (Å²) in [5.74, 6) is 1.95. The Kier molecular flexibility index (Phi) is 13.4. The van der Waals surface area contributed by atoms with Crippen molar-refractivity contribution in [1.82, 2.24) is 9.78 Å². The van der Waals surface area contributed by atoms with Gasteiger partial charge in [0.05, 0.1) is 35.2 Å². The Balaban J connectivity index is 0.000000219. The Hall–Kier alpha value is -5.90. The van der Waals surface area contributed by atoms with Gasteiger partial charge >= 0.3 is 11.9 Å². The van der Waals surface area contributed by atoms with E-state index in [2.05, 4.69) is 56.2 Å². The van der Waals surface area contributed by atoms with Crippen molar-refractivity contribution in [3.8, 4) is 11.6 Å². The van der Waals surface area contributed by atoms with Gasteiger partial charge in [0, 0.05) is 19.0 Å². The molecule has 1 aliphatic rings. The molecule has 0 bridgehead atoms. The Bertz CT molecular complexity index is 2120. The first-order valence-corrected chi connectivity index (χ1v) is 18.8. The smallest absolute Gasteiger partial charge is 0.338 e. The summed E-state index contributed by atoms with van der Waals surface area (Å²) in [5.41, 5.74) is 5.71. The van der Waals surface area contributed by atoms with E-state index in [0.29, 0.717) is 17.2 Å². The van der Waals surface area contributed by atoms with Crippen LogP contribution in [0.25, 0.3) is 0 Å². The second-order valence-corrected chi connectivity index (χ2v) is 15.8. The third-order valence-corrected chi connectivity index (χ3v) is 9.24. The molecule has 3 aromatic carbocycles. The minimum absolute atomic E-state index is 0.0107. The molecule has 10 heteroatoms. The van der Waals surface area contributed by atoms with Gasteiger partial charge in [-0.25, -0.2) is 9.48 Å². The molecule has 5 aromatic rings. The highest BCUT2D eigenvalue weighted by Gasteiger charge is 2.61. The average Bonchev–Trinajstić information content (AvgIpc) is 3.37. The highest BCUT2D eigenvalue weighted by atomic mass is 16.6. The summed E-state index contributed by atoms with van der Waals surface area (Å²) in [6, 6.07) is 28.7. The zero-order valence-corrected chi connectivity index (χ0v) is 33.9. The second kappa shape index (κ2) is 18.2. The van der Waals surface area contributed by atoms with Gasteiger partial charge in [-0.05, 0) is 94.3 Å². The molecule has 0 N–H and O–H groups in total. The van der Waals surface area contributed by atoms with Gasteiger partial charge in [0.15, 0.2) is 0 Å². The summed E-state index contributed by atoms with van der Waals surface area (Å²) in [5, 5.41) is 8.47. The van der Waals surface area contributed by atoms with E-state index in [1.807, 2.05) is 101 Å². The molecule has 6 rings (SSSR count). The molecule has 56 heavy (non-hydrogen) atoms. The van der Waals surface area contributed by atoms with E-state index in [1.165, 1.54) is 11.1 Å². The van der Waals surface area contributed by atoms with Crippen molar-refractivity contribution in [1.29, 1.82) is 0 Å². The fraction of sp³-hybridized carbons (Fsp3) is 0.348. The fourth-order valence-electron chi connectivity index (χ4n) is 6.23. The van der Waals surface area contributed by atoms with E-state index in [4.69, 9.17) is 23.5 Å². The number of rotatable bonds is 13. The first-order valence-electron chi connectivity index (χ1n) is 18.8. The number of carbonyl (C=O) groups is 2. The van der Waals surface area contributed by atoms with E-state index in [1.54, 1.807) is 29.3 Å². The van der Waals surface area contributed by atoms with Gasteiger partial charge in [-0.15, -0.1) is 0 Å². The van der Waals surface area contributed by atoms with Crippen LogP contribution in [0.3, 0.4) is 0 Å². The lowest BCUT2D eigenvalue weighted by atomic mass is 10.1. The first-order chi connectivity index (χ1) is 26.6. The Morgan fingerprint density at radius 1 is 0.911 bits per heavy atom. The van der Waals surface area contributed by atoms with Gasteiger partial charge in [0.1, 0.15) is 30.3 Å². The number of hydrogen-bond donors (Lipinski definition) is 0. The topological polar surface area (TPSA) is 114 Å². The van der Waals surface area contributed by atoms with Crippen molar-refractivity contribution in [2.45, 2.75) is 80.6 Å². The number of ether oxygens (including phenoxy) is 3. The van der Waals surface area contributed by atoms with E-state index in [9.17, 15) is 9.59 Å². The van der Waals surface area contributed by atoms with Crippen molar-refractivity contribution < 1.29 is 33.1 Å². The number of esters is 2. The Morgan fingerprint density at radius 3 is 2.21 bits per heavy atom. The number of furan rings is 1. The van der Waals surface area contributed by atoms with Crippen LogP contribution in [-0.4, -0.2) is 33.5 Å². The normalized spacial score (nSPS) is 15.7. The van der Waals surface area contributed by atoms with Crippen LogP contribution in [0.4, 0.5) is 0 Å². The van der Waals surface area contributed by atoms with Crippen molar-refractivity contribution >= 4 is 18.2 Å². The number of benzene rings is 3. The van der Waals surface area contributed by atoms with E-state index in [-0.39, 0.29) is 42.4 Å². The third kappa shape index (κ3) is 11.6. The highest BCUT2D eigenvalue weighted by Crippen LogP contribution is 2.59. The summed E-state index contributed by atoms with van der Waals surface area (Å²) in [4.78, 5) is 29.9. The molecule has 1 fully saturated rings. The summed E-state index contributed by atoms with van der Waals surface area (Å²) >= 11 is 0. The van der Waals surface area contributed by atoms with Gasteiger partial charge in [-0.1, -0.05) is 91.3 Å². The number of oxime groups is 1. The third-order valence-electron chi connectivity index (χ3n) is 9.24. The Morgan fingerprint density at radius 2 is 1.57 bits per heavy atom. The zero-order valence-electron chi connectivity index (χ0n) is 33.9. The SMILES string of the molecule is CC(C)=C[C@@H]1[C@@H](C(=O)OCc2coc(Cc3ccccc3)c2)C1(C)C.Cc1nn(C)c(Oc2ccccc2)c1/C=N/OCc1ccc(C(=O)OC(C)(C)C)cc1. The van der Waals surface area contributed by atoms with Gasteiger partial charge < -0.3 is 23.5 Å². The van der Waals surface area contributed by atoms with E-state index < -0.39 is 5.60 Å². The molecule has 0 aliphatic heterocycles. The van der Waals surface area contributed by atoms with E-state index in [0.717, 1.165) is 34.6 Å². The van der Waals surface area contributed by atoms with Crippen LogP contribution in [0.2, 0.25) is 0 Å². The average molecular weight is 760 g/mol. The molecule has 0 unspecified atom stereocenters. The van der Waals surface area contributed by atoms with Gasteiger partial charge in [-0.2, -0.15) is 5.10 Å². The predicted molar refractivity (Wildman–Crippen MR) is 216 cm³/mol. The predicted octanol–water partition coefficient (Wildman–Crippen LogP) is 10.2. The lowest BCUT2D eigenvalue weighted by molar-refractivity contribution is -0.147. The van der Waals surface area contributed by atoms with Crippen LogP contribution in [0, 0.1) is 24.2 Å². The number of aromatic nitrogens is 2. The molecule has 2 aromatic heterocycles. The summed E-state index contributed by atoms with van der Waals surface area (Å²) < 4.78 is 24.1. The maximum absolute atomic E-state index is 12.4. The van der Waals surface area contributed by atoms with Gasteiger partial charge in [-0.3, -0.25) is 4.79 Å². The molecule has 2 atom stereocenters. The lowest BCUT2D eigenvalue weighted by Crippen LogP contribution is -2.23. The zero-order chi connectivity index (χ0) is 40.5. The molecule has 2 heterocycles. The molecule has 0 spiro atoms. The molecule has 0 amide bonds. The molecule has 0 radical (unpaired) electrons. The molecule has 1 saturated carbocycles. The summed E-state index contributed by atoms with van der Waals surface area (Å²) in [6.45, 7) is 16.3. The first kappa shape index (κ1) is 41.3. The standard InChI is InChI=1S/C24H27N3O4.C22H26O3/c1-17-21(22(27(5)26-17)30-20-9-7-6-8-10-20)15-25-29-16-18-11-13-19(14-12-18)23(28)31-24(2,3)4;1-15(2)10-19-20(22(19,3)4)21(23)25-14-17-12-18(24-13-17)11-16-8-6-5-7-9-16/h6-15H,16H2,1-5H3;5-10,12-13,19-20H,11,14H2,1-4H3/b25-15+;/t;19-,20+/m.1/s1. The second-order valence-electron chi connectivity index (χ2n) is 15.8. The lowest BCUT2D eigenvalue weighted by Gasteiger charge is -2.19. The summed E-state index contributed by atoms with van der Waals surface area (Å²) in [6.07, 6.45) is 6.20. The maximum atomic E-state index is 12.4. The molecular formula is C46H53N3O7. The molecule has 294 valence electrons. The fourth-order valence-corrected chi connectivity index (χ4v) is 6.23. The molecule has 1 aliphatic carbocycles. The monoisotopic (exact) mass is 759 g/mol. The van der Waals surface area contributed by atoms with Gasteiger partial charge in [0.25, 0.3) is 0 Å². The quantitative estimate of drug-likeness (QED) is 0.0504. The van der Waals surface area contributed by atoms with Gasteiger partial charge in [0.2, 0.25) is 5.88 Å². The number of para-hydroxylation sites is 1. The number of nitrogens with zero attached hydrogens (tertiary/aromatic N) is 3. The van der Waals surface area contributed by atoms with Crippen LogP contribution in [-0.2, 0) is 45.8 Å². The highest BCUT2D eigenvalue weighted by molar-refractivity contribution is 5.89. The van der Waals surface area contributed by atoms with Crippen molar-refractivity contribution in [3.05, 3.63) is 148 Å². The van der Waals surface area contributed by atoms with Crippen LogP contribution in [0.15, 0.2) is 118 Å². The summed E-state index contributed by atoms with van der Waals surface area (Å²) in [7, 11) is 1.82. The van der Waals surface area contributed by atoms with Crippen molar-refractivity contribution in [2.24, 2.45) is 29.5 Å². The molecular weight excluding hydrogens is 707 g/mol. The number of allylic oxidation sites excluding steroid dienone is 2. The van der Waals surface area contributed by atoms with Crippen LogP contribution >= 0.6 is 0 Å². The number of aryl methyl sites for hydroxylation is 2. The molecule has 0 saturated heterocycles. The molecule has 10 nitrogen and oxygen atoms in total. The van der Waals surface area contributed by atoms with Crippen molar-refractivity contribution in [3.63, 3.8) is 0 Å². The number of carbonyl (C=O) groups excluding carboxylic acids is 2. The minimum atomic E-state index is -0.527. The van der Waals surface area contributed by atoms with Crippen LogP contribution in [0.1, 0.15) is 92.5 Å². The largest absolute Gasteiger partial charge is 0.469 e. The van der Waals surface area contributed by atoms with E-state index >= 15 is 0 Å². The maximum Gasteiger partial charge on any atom is 0.338 e. The van der Waals surface area contributed by atoms with Crippen LogP contribution in [0.5, 0.6) is 11.6 Å². The minimum Gasteiger partial charge on any atom is -0.469 e.